The maximum Gasteiger partial charge on any atom is 0.0608 e. The van der Waals surface area contributed by atoms with E-state index in [0.717, 1.165) is 30.6 Å². The first-order valence-electron chi connectivity index (χ1n) is 7.26. The van der Waals surface area contributed by atoms with Gasteiger partial charge in [0.25, 0.3) is 0 Å². The van der Waals surface area contributed by atoms with Crippen molar-refractivity contribution in [2.75, 3.05) is 6.54 Å². The molecule has 0 aliphatic heterocycles. The molecule has 0 aliphatic carbocycles. The number of rotatable bonds is 6. The summed E-state index contributed by atoms with van der Waals surface area (Å²) in [4.78, 5) is 4.58. The topological polar surface area (TPSA) is 24.9 Å². The minimum atomic E-state index is 0.184. The second-order valence-electron chi connectivity index (χ2n) is 4.96. The van der Waals surface area contributed by atoms with Crippen LogP contribution >= 0.6 is 23.2 Å². The number of nitrogens with zero attached hydrogens (tertiary/aromatic N) is 1. The molecule has 1 aromatic heterocycles. The van der Waals surface area contributed by atoms with E-state index in [1.54, 1.807) is 0 Å². The van der Waals surface area contributed by atoms with E-state index in [2.05, 4.69) is 30.2 Å². The van der Waals surface area contributed by atoms with Crippen LogP contribution in [-0.4, -0.2) is 11.5 Å². The van der Waals surface area contributed by atoms with Crippen molar-refractivity contribution in [3.63, 3.8) is 0 Å². The van der Waals surface area contributed by atoms with Crippen molar-refractivity contribution in [1.29, 1.82) is 0 Å². The highest BCUT2D eigenvalue weighted by Crippen LogP contribution is 2.26. The van der Waals surface area contributed by atoms with Gasteiger partial charge in [0.15, 0.2) is 0 Å². The predicted molar refractivity (Wildman–Crippen MR) is 90.2 cm³/mol. The van der Waals surface area contributed by atoms with E-state index < -0.39 is 0 Å². The first kappa shape index (κ1) is 16.3. The highest BCUT2D eigenvalue weighted by Gasteiger charge is 2.16. The quantitative estimate of drug-likeness (QED) is 0.822. The Morgan fingerprint density at radius 3 is 2.62 bits per heavy atom. The van der Waals surface area contributed by atoms with E-state index >= 15 is 0 Å². The molecule has 0 fully saturated rings. The van der Waals surface area contributed by atoms with Crippen LogP contribution in [0, 0.1) is 0 Å². The first-order chi connectivity index (χ1) is 10.2. The van der Waals surface area contributed by atoms with Crippen LogP contribution in [0.25, 0.3) is 0 Å². The molecule has 112 valence electrons. The smallest absolute Gasteiger partial charge is 0.0608 e. The Morgan fingerprint density at radius 1 is 1.14 bits per heavy atom. The number of aromatic nitrogens is 1. The van der Waals surface area contributed by atoms with Gasteiger partial charge in [-0.2, -0.15) is 0 Å². The number of hydrogen-bond acceptors (Lipinski definition) is 2. The normalized spacial score (nSPS) is 12.4. The second kappa shape index (κ2) is 7.79. The van der Waals surface area contributed by atoms with E-state index in [4.69, 9.17) is 23.2 Å². The Balaban J connectivity index is 2.28. The lowest BCUT2D eigenvalue weighted by Gasteiger charge is -2.20. The van der Waals surface area contributed by atoms with E-state index in [1.165, 1.54) is 5.56 Å². The van der Waals surface area contributed by atoms with Gasteiger partial charge in [-0.3, -0.25) is 4.98 Å². The molecule has 2 nitrogen and oxygen atoms in total. The summed E-state index contributed by atoms with van der Waals surface area (Å²) in [6, 6.07) is 10.1. The fraction of sp³-hybridized carbons (Fsp3) is 0.353. The molecular weight excluding hydrogens is 303 g/mol. The lowest BCUT2D eigenvalue weighted by Crippen LogP contribution is -2.25. The number of nitrogens with one attached hydrogen (secondary N) is 1. The summed E-state index contributed by atoms with van der Waals surface area (Å²) in [6.45, 7) is 5.16. The zero-order valence-corrected chi connectivity index (χ0v) is 13.9. The summed E-state index contributed by atoms with van der Waals surface area (Å²) in [5.41, 5.74) is 3.56. The SMILES string of the molecule is CCNC(Cc1ccc(Cl)c(Cl)c1)c1ncccc1CC. The lowest BCUT2D eigenvalue weighted by molar-refractivity contribution is 0.532. The molecule has 0 spiro atoms. The van der Waals surface area contributed by atoms with Gasteiger partial charge in [-0.25, -0.2) is 0 Å². The molecule has 0 bridgehead atoms. The van der Waals surface area contributed by atoms with Crippen molar-refractivity contribution < 1.29 is 0 Å². The van der Waals surface area contributed by atoms with E-state index in [0.29, 0.717) is 10.0 Å². The van der Waals surface area contributed by atoms with Crippen molar-refractivity contribution in [2.45, 2.75) is 32.7 Å². The van der Waals surface area contributed by atoms with Crippen LogP contribution in [0.3, 0.4) is 0 Å². The fourth-order valence-corrected chi connectivity index (χ4v) is 2.80. The van der Waals surface area contributed by atoms with Crippen molar-refractivity contribution in [2.24, 2.45) is 0 Å². The molecule has 1 unspecified atom stereocenters. The number of hydrogen-bond donors (Lipinski definition) is 1. The molecule has 0 saturated heterocycles. The van der Waals surface area contributed by atoms with Gasteiger partial charge in [0, 0.05) is 6.20 Å². The summed E-state index contributed by atoms with van der Waals surface area (Å²) < 4.78 is 0. The maximum absolute atomic E-state index is 6.11. The average Bonchev–Trinajstić information content (AvgIpc) is 2.50. The van der Waals surface area contributed by atoms with Gasteiger partial charge >= 0.3 is 0 Å². The van der Waals surface area contributed by atoms with Crippen LogP contribution in [0.2, 0.25) is 10.0 Å². The number of benzene rings is 1. The van der Waals surface area contributed by atoms with E-state index in [1.807, 2.05) is 30.5 Å². The number of pyridine rings is 1. The van der Waals surface area contributed by atoms with Crippen molar-refractivity contribution in [3.05, 3.63) is 63.4 Å². The van der Waals surface area contributed by atoms with Crippen molar-refractivity contribution in [1.82, 2.24) is 10.3 Å². The molecule has 2 rings (SSSR count). The standard InChI is InChI=1S/C17H20Cl2N2/c1-3-13-6-5-9-21-17(13)16(20-4-2)11-12-7-8-14(18)15(19)10-12/h5-10,16,20H,3-4,11H2,1-2H3. The highest BCUT2D eigenvalue weighted by molar-refractivity contribution is 6.42. The Morgan fingerprint density at radius 2 is 1.95 bits per heavy atom. The fourth-order valence-electron chi connectivity index (χ4n) is 2.48. The molecule has 1 heterocycles. The summed E-state index contributed by atoms with van der Waals surface area (Å²) in [6.07, 6.45) is 3.68. The second-order valence-corrected chi connectivity index (χ2v) is 5.78. The van der Waals surface area contributed by atoms with Crippen LogP contribution < -0.4 is 5.32 Å². The minimum absolute atomic E-state index is 0.184. The number of likely N-dealkylation sites (N-methyl/N-ethyl adjacent to an activating group) is 1. The Kier molecular flexibility index (Phi) is 6.04. The van der Waals surface area contributed by atoms with Crippen LogP contribution in [0.4, 0.5) is 0 Å². The third kappa shape index (κ3) is 4.19. The van der Waals surface area contributed by atoms with E-state index in [9.17, 15) is 0 Å². The minimum Gasteiger partial charge on any atom is -0.309 e. The molecule has 0 amide bonds. The Hall–Kier alpha value is -1.09. The van der Waals surface area contributed by atoms with Gasteiger partial charge in [0.2, 0.25) is 0 Å². The molecule has 0 aliphatic rings. The van der Waals surface area contributed by atoms with Gasteiger partial charge < -0.3 is 5.32 Å². The molecule has 1 aromatic carbocycles. The van der Waals surface area contributed by atoms with Crippen LogP contribution in [0.5, 0.6) is 0 Å². The molecule has 0 radical (unpaired) electrons. The van der Waals surface area contributed by atoms with Crippen LogP contribution in [0.1, 0.15) is 36.7 Å². The van der Waals surface area contributed by atoms with Crippen molar-refractivity contribution in [3.8, 4) is 0 Å². The van der Waals surface area contributed by atoms with Crippen LogP contribution in [-0.2, 0) is 12.8 Å². The molecule has 0 saturated carbocycles. The number of halogens is 2. The Labute approximate surface area is 136 Å². The molecule has 1 atom stereocenters. The molecule has 4 heteroatoms. The third-order valence-corrected chi connectivity index (χ3v) is 4.25. The van der Waals surface area contributed by atoms with Gasteiger partial charge in [-0.15, -0.1) is 0 Å². The summed E-state index contributed by atoms with van der Waals surface area (Å²) in [7, 11) is 0. The molecule has 21 heavy (non-hydrogen) atoms. The van der Waals surface area contributed by atoms with Crippen LogP contribution in [0.15, 0.2) is 36.5 Å². The summed E-state index contributed by atoms with van der Waals surface area (Å²) in [5, 5.41) is 4.71. The summed E-state index contributed by atoms with van der Waals surface area (Å²) >= 11 is 12.1. The van der Waals surface area contributed by atoms with Gasteiger partial charge in [0.1, 0.15) is 0 Å². The lowest BCUT2D eigenvalue weighted by atomic mass is 9.98. The maximum atomic E-state index is 6.11. The monoisotopic (exact) mass is 322 g/mol. The van der Waals surface area contributed by atoms with Gasteiger partial charge in [-0.05, 0) is 48.7 Å². The zero-order chi connectivity index (χ0) is 15.2. The molecule has 1 N–H and O–H groups in total. The Bertz CT molecular complexity index is 599. The predicted octanol–water partition coefficient (Wildman–Crippen LogP) is 4.84. The number of aryl methyl sites for hydroxylation is 1. The van der Waals surface area contributed by atoms with Gasteiger partial charge in [-0.1, -0.05) is 49.2 Å². The first-order valence-corrected chi connectivity index (χ1v) is 8.02. The summed E-state index contributed by atoms with van der Waals surface area (Å²) in [5.74, 6) is 0. The molecular formula is C17H20Cl2N2. The van der Waals surface area contributed by atoms with Crippen molar-refractivity contribution >= 4 is 23.2 Å². The largest absolute Gasteiger partial charge is 0.309 e. The zero-order valence-electron chi connectivity index (χ0n) is 12.4. The van der Waals surface area contributed by atoms with Gasteiger partial charge in [0.05, 0.1) is 21.8 Å². The average molecular weight is 323 g/mol. The van der Waals surface area contributed by atoms with E-state index in [-0.39, 0.29) is 6.04 Å². The third-order valence-electron chi connectivity index (χ3n) is 3.51. The highest BCUT2D eigenvalue weighted by atomic mass is 35.5. The molecule has 2 aromatic rings.